The van der Waals surface area contributed by atoms with E-state index in [4.69, 9.17) is 0 Å². The lowest BCUT2D eigenvalue weighted by Gasteiger charge is -2.35. The smallest absolute Gasteiger partial charge is 0.261 e. The van der Waals surface area contributed by atoms with E-state index >= 15 is 0 Å². The number of carbonyl (C=O) groups excluding carboxylic acids is 3. The Balaban J connectivity index is 1.48. The summed E-state index contributed by atoms with van der Waals surface area (Å²) < 4.78 is 0. The predicted molar refractivity (Wildman–Crippen MR) is 106 cm³/mol. The van der Waals surface area contributed by atoms with Crippen LogP contribution in [0.4, 0.5) is 0 Å². The largest absolute Gasteiger partial charge is 0.336 e. The molecule has 1 saturated heterocycles. The fourth-order valence-electron chi connectivity index (χ4n) is 4.18. The van der Waals surface area contributed by atoms with Crippen molar-refractivity contribution in [3.05, 3.63) is 70.8 Å². The van der Waals surface area contributed by atoms with E-state index in [9.17, 15) is 14.4 Å². The SMILES string of the molecule is CC[C@@H]1CCCCN1C(=O)c1ccc(CN2C(=O)c3ccccc3C2=O)cc1. The third kappa shape index (κ3) is 3.21. The van der Waals surface area contributed by atoms with Crippen LogP contribution in [0.25, 0.3) is 0 Å². The van der Waals surface area contributed by atoms with Crippen molar-refractivity contribution in [3.63, 3.8) is 0 Å². The lowest BCUT2D eigenvalue weighted by molar-refractivity contribution is 0.0603. The molecule has 2 aromatic carbocycles. The number of hydrogen-bond donors (Lipinski definition) is 0. The maximum atomic E-state index is 12.9. The van der Waals surface area contributed by atoms with Gasteiger partial charge < -0.3 is 4.90 Å². The first kappa shape index (κ1) is 18.4. The summed E-state index contributed by atoms with van der Waals surface area (Å²) in [5.41, 5.74) is 2.40. The number of fused-ring (bicyclic) bond motifs is 1. The third-order valence-corrected chi connectivity index (χ3v) is 5.78. The van der Waals surface area contributed by atoms with Gasteiger partial charge in [0.1, 0.15) is 0 Å². The molecular formula is C23H24N2O3. The number of hydrogen-bond acceptors (Lipinski definition) is 3. The predicted octanol–water partition coefficient (Wildman–Crippen LogP) is 3.89. The van der Waals surface area contributed by atoms with Crippen LogP contribution in [-0.2, 0) is 6.54 Å². The molecule has 0 bridgehead atoms. The lowest BCUT2D eigenvalue weighted by atomic mass is 9.98. The number of piperidine rings is 1. The summed E-state index contributed by atoms with van der Waals surface area (Å²) in [5, 5.41) is 0. The van der Waals surface area contributed by atoms with Crippen molar-refractivity contribution in [1.29, 1.82) is 0 Å². The van der Waals surface area contributed by atoms with Crippen molar-refractivity contribution in [2.45, 2.75) is 45.2 Å². The minimum atomic E-state index is -0.264. The van der Waals surface area contributed by atoms with Crippen LogP contribution in [-0.4, -0.2) is 40.1 Å². The number of benzene rings is 2. The molecule has 0 spiro atoms. The molecule has 0 N–H and O–H groups in total. The van der Waals surface area contributed by atoms with Crippen LogP contribution >= 0.6 is 0 Å². The molecule has 0 aliphatic carbocycles. The summed E-state index contributed by atoms with van der Waals surface area (Å²) in [7, 11) is 0. The average Bonchev–Trinajstić information content (AvgIpc) is 2.99. The van der Waals surface area contributed by atoms with Crippen molar-refractivity contribution < 1.29 is 14.4 Å². The highest BCUT2D eigenvalue weighted by atomic mass is 16.2. The minimum absolute atomic E-state index is 0.0684. The molecule has 0 radical (unpaired) electrons. The minimum Gasteiger partial charge on any atom is -0.336 e. The normalized spacial score (nSPS) is 19.1. The highest BCUT2D eigenvalue weighted by molar-refractivity contribution is 6.21. The summed E-state index contributed by atoms with van der Waals surface area (Å²) >= 11 is 0. The Labute approximate surface area is 164 Å². The van der Waals surface area contributed by atoms with Gasteiger partial charge >= 0.3 is 0 Å². The maximum Gasteiger partial charge on any atom is 0.261 e. The molecule has 2 heterocycles. The van der Waals surface area contributed by atoms with Crippen LogP contribution in [0, 0.1) is 0 Å². The van der Waals surface area contributed by atoms with Crippen LogP contribution in [0.2, 0.25) is 0 Å². The van der Waals surface area contributed by atoms with Gasteiger partial charge in [-0.25, -0.2) is 0 Å². The number of amides is 3. The highest BCUT2D eigenvalue weighted by Crippen LogP contribution is 2.25. The van der Waals surface area contributed by atoms with Crippen molar-refractivity contribution in [3.8, 4) is 0 Å². The van der Waals surface area contributed by atoms with E-state index in [2.05, 4.69) is 6.92 Å². The lowest BCUT2D eigenvalue weighted by Crippen LogP contribution is -2.43. The summed E-state index contributed by atoms with van der Waals surface area (Å²) in [6, 6.07) is 14.5. The van der Waals surface area contributed by atoms with E-state index in [-0.39, 0.29) is 24.3 Å². The second-order valence-corrected chi connectivity index (χ2v) is 7.50. The molecule has 2 aliphatic heterocycles. The molecule has 5 heteroatoms. The second kappa shape index (κ2) is 7.58. The quantitative estimate of drug-likeness (QED) is 0.761. The average molecular weight is 376 g/mol. The van der Waals surface area contributed by atoms with Gasteiger partial charge in [0.2, 0.25) is 0 Å². The second-order valence-electron chi connectivity index (χ2n) is 7.50. The Bertz CT molecular complexity index is 885. The van der Waals surface area contributed by atoms with E-state index in [0.717, 1.165) is 31.4 Å². The van der Waals surface area contributed by atoms with Gasteiger partial charge in [-0.05, 0) is 55.5 Å². The molecule has 3 amide bonds. The molecule has 1 atom stereocenters. The molecule has 144 valence electrons. The summed E-state index contributed by atoms with van der Waals surface area (Å²) in [6.45, 7) is 3.15. The van der Waals surface area contributed by atoms with Gasteiger partial charge in [0, 0.05) is 18.2 Å². The van der Waals surface area contributed by atoms with Crippen molar-refractivity contribution >= 4 is 17.7 Å². The van der Waals surface area contributed by atoms with E-state index in [1.807, 2.05) is 17.0 Å². The summed E-state index contributed by atoms with van der Waals surface area (Å²) in [4.78, 5) is 41.2. The van der Waals surface area contributed by atoms with Crippen LogP contribution in [0.15, 0.2) is 48.5 Å². The zero-order valence-corrected chi connectivity index (χ0v) is 16.1. The van der Waals surface area contributed by atoms with E-state index in [0.29, 0.717) is 22.7 Å². The first-order valence-electron chi connectivity index (χ1n) is 9.95. The van der Waals surface area contributed by atoms with Crippen molar-refractivity contribution in [2.24, 2.45) is 0 Å². The zero-order valence-electron chi connectivity index (χ0n) is 16.1. The maximum absolute atomic E-state index is 12.9. The molecular weight excluding hydrogens is 352 g/mol. The number of rotatable bonds is 4. The number of likely N-dealkylation sites (tertiary alicyclic amines) is 1. The van der Waals surface area contributed by atoms with E-state index < -0.39 is 0 Å². The van der Waals surface area contributed by atoms with Gasteiger partial charge in [-0.2, -0.15) is 0 Å². The van der Waals surface area contributed by atoms with Gasteiger partial charge in [0.05, 0.1) is 17.7 Å². The van der Waals surface area contributed by atoms with Crippen LogP contribution < -0.4 is 0 Å². The molecule has 2 aliphatic rings. The number of carbonyl (C=O) groups is 3. The molecule has 5 nitrogen and oxygen atoms in total. The van der Waals surface area contributed by atoms with Gasteiger partial charge in [-0.3, -0.25) is 19.3 Å². The zero-order chi connectivity index (χ0) is 19.7. The van der Waals surface area contributed by atoms with Crippen LogP contribution in [0.1, 0.15) is 69.2 Å². The van der Waals surface area contributed by atoms with Crippen LogP contribution in [0.5, 0.6) is 0 Å². The fourth-order valence-corrected chi connectivity index (χ4v) is 4.18. The first-order chi connectivity index (χ1) is 13.6. The standard InChI is InChI=1S/C23H24N2O3/c1-2-18-7-5-6-14-24(18)21(26)17-12-10-16(11-13-17)15-25-22(27)19-8-3-4-9-20(19)23(25)28/h3-4,8-13,18H,2,5-7,14-15H2,1H3/t18-/m1/s1. The van der Waals surface area contributed by atoms with E-state index in [1.165, 1.54) is 11.3 Å². The monoisotopic (exact) mass is 376 g/mol. The Morgan fingerprint density at radius 1 is 0.964 bits per heavy atom. The molecule has 0 aromatic heterocycles. The first-order valence-corrected chi connectivity index (χ1v) is 9.95. The third-order valence-electron chi connectivity index (χ3n) is 5.78. The number of nitrogens with zero attached hydrogens (tertiary/aromatic N) is 2. The summed E-state index contributed by atoms with van der Waals surface area (Å²) in [5.74, 6) is -0.460. The summed E-state index contributed by atoms with van der Waals surface area (Å²) in [6.07, 6.45) is 4.28. The molecule has 0 unspecified atom stereocenters. The van der Waals surface area contributed by atoms with Crippen molar-refractivity contribution in [1.82, 2.24) is 9.80 Å². The van der Waals surface area contributed by atoms with Crippen LogP contribution in [0.3, 0.4) is 0 Å². The van der Waals surface area contributed by atoms with Gasteiger partial charge in [0.25, 0.3) is 17.7 Å². The molecule has 28 heavy (non-hydrogen) atoms. The van der Waals surface area contributed by atoms with E-state index in [1.54, 1.807) is 36.4 Å². The highest BCUT2D eigenvalue weighted by Gasteiger charge is 2.35. The van der Waals surface area contributed by atoms with Crippen molar-refractivity contribution in [2.75, 3.05) is 6.54 Å². The fraction of sp³-hybridized carbons (Fsp3) is 0.348. The topological polar surface area (TPSA) is 57.7 Å². The molecule has 4 rings (SSSR count). The molecule has 1 fully saturated rings. The molecule has 2 aromatic rings. The van der Waals surface area contributed by atoms with Gasteiger partial charge in [-0.15, -0.1) is 0 Å². The Morgan fingerprint density at radius 2 is 1.61 bits per heavy atom. The Kier molecular flexibility index (Phi) is 4.99. The van der Waals surface area contributed by atoms with Gasteiger partial charge in [-0.1, -0.05) is 31.2 Å². The Morgan fingerprint density at radius 3 is 2.21 bits per heavy atom. The Hall–Kier alpha value is -2.95. The number of imide groups is 1. The van der Waals surface area contributed by atoms with Gasteiger partial charge in [0.15, 0.2) is 0 Å². The molecule has 0 saturated carbocycles.